The number of thioether (sulfide) groups is 1. The summed E-state index contributed by atoms with van der Waals surface area (Å²) in [4.78, 5) is 12.1. The van der Waals surface area contributed by atoms with Gasteiger partial charge in [0.15, 0.2) is 0 Å². The van der Waals surface area contributed by atoms with Crippen LogP contribution in [0.2, 0.25) is 5.02 Å². The predicted octanol–water partition coefficient (Wildman–Crippen LogP) is 5.00. The zero-order chi connectivity index (χ0) is 16.7. The number of halogens is 1. The smallest absolute Gasteiger partial charge is 0.234 e. The summed E-state index contributed by atoms with van der Waals surface area (Å²) in [6, 6.07) is 15.1. The Labute approximate surface area is 146 Å². The number of anilines is 1. The van der Waals surface area contributed by atoms with Crippen molar-refractivity contribution in [2.45, 2.75) is 25.7 Å². The van der Waals surface area contributed by atoms with Crippen molar-refractivity contribution in [3.05, 3.63) is 59.1 Å². The SMILES string of the molecule is CC(C)Oc1ccccc1NC(=O)CSCc1ccc(Cl)cc1. The molecule has 0 saturated heterocycles. The molecule has 23 heavy (non-hydrogen) atoms. The van der Waals surface area contributed by atoms with Gasteiger partial charge in [-0.05, 0) is 43.7 Å². The van der Waals surface area contributed by atoms with Crippen molar-refractivity contribution in [2.24, 2.45) is 0 Å². The monoisotopic (exact) mass is 349 g/mol. The Morgan fingerprint density at radius 3 is 2.57 bits per heavy atom. The Hall–Kier alpha value is -1.65. The lowest BCUT2D eigenvalue weighted by molar-refractivity contribution is -0.113. The van der Waals surface area contributed by atoms with Crippen LogP contribution in [0.3, 0.4) is 0 Å². The van der Waals surface area contributed by atoms with Crippen LogP contribution in [0.5, 0.6) is 5.75 Å². The van der Waals surface area contributed by atoms with Gasteiger partial charge >= 0.3 is 0 Å². The molecule has 0 heterocycles. The maximum atomic E-state index is 12.1. The van der Waals surface area contributed by atoms with Gasteiger partial charge in [-0.15, -0.1) is 11.8 Å². The summed E-state index contributed by atoms with van der Waals surface area (Å²) in [6.07, 6.45) is 0.0623. The number of benzene rings is 2. The average molecular weight is 350 g/mol. The second kappa shape index (κ2) is 8.85. The molecule has 2 rings (SSSR count). The molecule has 0 atom stereocenters. The van der Waals surface area contributed by atoms with E-state index in [0.717, 1.165) is 16.3 Å². The minimum atomic E-state index is -0.0382. The number of carbonyl (C=O) groups is 1. The van der Waals surface area contributed by atoms with Crippen LogP contribution in [0.1, 0.15) is 19.4 Å². The van der Waals surface area contributed by atoms with Crippen LogP contribution in [0.25, 0.3) is 0 Å². The van der Waals surface area contributed by atoms with Gasteiger partial charge in [-0.25, -0.2) is 0 Å². The first-order valence-electron chi connectivity index (χ1n) is 7.42. The first-order chi connectivity index (χ1) is 11.0. The molecule has 0 bridgehead atoms. The number of hydrogen-bond donors (Lipinski definition) is 1. The molecule has 0 saturated carbocycles. The van der Waals surface area contributed by atoms with Crippen LogP contribution >= 0.6 is 23.4 Å². The van der Waals surface area contributed by atoms with Crippen molar-refractivity contribution in [2.75, 3.05) is 11.1 Å². The molecule has 0 aliphatic heterocycles. The van der Waals surface area contributed by atoms with Gasteiger partial charge in [-0.1, -0.05) is 35.9 Å². The summed E-state index contributed by atoms with van der Waals surface area (Å²) in [5.41, 5.74) is 1.86. The maximum Gasteiger partial charge on any atom is 0.234 e. The Bertz CT molecular complexity index is 644. The molecule has 0 aliphatic rings. The Morgan fingerprint density at radius 1 is 1.17 bits per heavy atom. The van der Waals surface area contributed by atoms with Crippen LogP contribution in [-0.4, -0.2) is 17.8 Å². The van der Waals surface area contributed by atoms with Gasteiger partial charge in [-0.3, -0.25) is 4.79 Å². The van der Waals surface area contributed by atoms with Gasteiger partial charge in [0.1, 0.15) is 5.75 Å². The Kier molecular flexibility index (Phi) is 6.81. The lowest BCUT2D eigenvalue weighted by Gasteiger charge is -2.14. The van der Waals surface area contributed by atoms with E-state index in [-0.39, 0.29) is 12.0 Å². The van der Waals surface area contributed by atoms with Crippen molar-refractivity contribution in [3.8, 4) is 5.75 Å². The number of hydrogen-bond acceptors (Lipinski definition) is 3. The molecule has 2 aromatic rings. The third-order valence-electron chi connectivity index (χ3n) is 2.94. The number of carbonyl (C=O) groups excluding carboxylic acids is 1. The molecule has 1 amide bonds. The highest BCUT2D eigenvalue weighted by molar-refractivity contribution is 7.99. The molecular formula is C18H20ClNO2S. The van der Waals surface area contributed by atoms with E-state index in [1.807, 2.05) is 62.4 Å². The topological polar surface area (TPSA) is 38.3 Å². The molecule has 122 valence electrons. The zero-order valence-electron chi connectivity index (χ0n) is 13.2. The Balaban J connectivity index is 1.84. The van der Waals surface area contributed by atoms with Crippen molar-refractivity contribution in [1.82, 2.24) is 0 Å². The number of amides is 1. The Morgan fingerprint density at radius 2 is 1.87 bits per heavy atom. The third-order valence-corrected chi connectivity index (χ3v) is 4.19. The second-order valence-electron chi connectivity index (χ2n) is 5.33. The van der Waals surface area contributed by atoms with Crippen molar-refractivity contribution in [1.29, 1.82) is 0 Å². The van der Waals surface area contributed by atoms with E-state index in [4.69, 9.17) is 16.3 Å². The van der Waals surface area contributed by atoms with E-state index in [1.54, 1.807) is 11.8 Å². The molecule has 3 nitrogen and oxygen atoms in total. The highest BCUT2D eigenvalue weighted by Gasteiger charge is 2.09. The fourth-order valence-corrected chi connectivity index (χ4v) is 2.87. The van der Waals surface area contributed by atoms with Gasteiger partial charge in [-0.2, -0.15) is 0 Å². The predicted molar refractivity (Wildman–Crippen MR) is 98.4 cm³/mol. The van der Waals surface area contributed by atoms with Gasteiger partial charge in [0.05, 0.1) is 17.5 Å². The third kappa shape index (κ3) is 6.16. The summed E-state index contributed by atoms with van der Waals surface area (Å²) in [7, 11) is 0. The fraction of sp³-hybridized carbons (Fsp3) is 0.278. The second-order valence-corrected chi connectivity index (χ2v) is 6.75. The quantitative estimate of drug-likeness (QED) is 0.764. The first-order valence-corrected chi connectivity index (χ1v) is 8.95. The maximum absolute atomic E-state index is 12.1. The van der Waals surface area contributed by atoms with Gasteiger partial charge in [0.25, 0.3) is 0 Å². The summed E-state index contributed by atoms with van der Waals surface area (Å²) in [5.74, 6) is 1.82. The van der Waals surface area contributed by atoms with E-state index >= 15 is 0 Å². The lowest BCUT2D eigenvalue weighted by atomic mass is 10.2. The number of ether oxygens (including phenoxy) is 1. The zero-order valence-corrected chi connectivity index (χ0v) is 14.8. The number of para-hydroxylation sites is 2. The molecular weight excluding hydrogens is 330 g/mol. The minimum Gasteiger partial charge on any atom is -0.489 e. The molecule has 0 unspecified atom stereocenters. The van der Waals surface area contributed by atoms with Crippen molar-refractivity contribution in [3.63, 3.8) is 0 Å². The molecule has 0 radical (unpaired) electrons. The highest BCUT2D eigenvalue weighted by atomic mass is 35.5. The van der Waals surface area contributed by atoms with Crippen LogP contribution in [0.4, 0.5) is 5.69 Å². The molecule has 5 heteroatoms. The number of nitrogens with one attached hydrogen (secondary N) is 1. The lowest BCUT2D eigenvalue weighted by Crippen LogP contribution is -2.16. The van der Waals surface area contributed by atoms with Crippen molar-refractivity contribution < 1.29 is 9.53 Å². The minimum absolute atomic E-state index is 0.0382. The van der Waals surface area contributed by atoms with E-state index in [9.17, 15) is 4.79 Å². The highest BCUT2D eigenvalue weighted by Crippen LogP contribution is 2.25. The molecule has 0 fully saturated rings. The molecule has 1 N–H and O–H groups in total. The fourth-order valence-electron chi connectivity index (χ4n) is 1.96. The molecule has 0 spiro atoms. The normalized spacial score (nSPS) is 10.6. The molecule has 0 aliphatic carbocycles. The van der Waals surface area contributed by atoms with Crippen LogP contribution in [-0.2, 0) is 10.5 Å². The summed E-state index contributed by atoms with van der Waals surface area (Å²) < 4.78 is 5.70. The van der Waals surface area contributed by atoms with E-state index in [1.165, 1.54) is 0 Å². The van der Waals surface area contributed by atoms with Crippen molar-refractivity contribution >= 4 is 35.0 Å². The largest absolute Gasteiger partial charge is 0.489 e. The summed E-state index contributed by atoms with van der Waals surface area (Å²) >= 11 is 7.42. The summed E-state index contributed by atoms with van der Waals surface area (Å²) in [6.45, 7) is 3.92. The molecule has 0 aromatic heterocycles. The average Bonchev–Trinajstić information content (AvgIpc) is 2.51. The van der Waals surface area contributed by atoms with E-state index in [2.05, 4.69) is 5.32 Å². The van der Waals surface area contributed by atoms with Crippen LogP contribution in [0, 0.1) is 0 Å². The van der Waals surface area contributed by atoms with E-state index < -0.39 is 0 Å². The van der Waals surface area contributed by atoms with E-state index in [0.29, 0.717) is 17.2 Å². The van der Waals surface area contributed by atoms with Gasteiger partial charge in [0, 0.05) is 10.8 Å². The molecule has 2 aromatic carbocycles. The van der Waals surface area contributed by atoms with Crippen LogP contribution < -0.4 is 10.1 Å². The number of rotatable bonds is 7. The standard InChI is InChI=1S/C18H20ClNO2S/c1-13(2)22-17-6-4-3-5-16(17)20-18(21)12-23-11-14-7-9-15(19)10-8-14/h3-10,13H,11-12H2,1-2H3,(H,20,21). The summed E-state index contributed by atoms with van der Waals surface area (Å²) in [5, 5.41) is 3.63. The van der Waals surface area contributed by atoms with Gasteiger partial charge < -0.3 is 10.1 Å². The first kappa shape index (κ1) is 17.7. The van der Waals surface area contributed by atoms with Gasteiger partial charge in [0.2, 0.25) is 5.91 Å². The van der Waals surface area contributed by atoms with Crippen LogP contribution in [0.15, 0.2) is 48.5 Å².